The van der Waals surface area contributed by atoms with Crippen LogP contribution >= 0.6 is 11.3 Å². The van der Waals surface area contributed by atoms with Crippen molar-refractivity contribution in [2.75, 3.05) is 20.2 Å². The van der Waals surface area contributed by atoms with E-state index in [1.54, 1.807) is 41.5 Å². The van der Waals surface area contributed by atoms with Gasteiger partial charge in [-0.15, -0.1) is 11.3 Å². The van der Waals surface area contributed by atoms with Crippen LogP contribution in [-0.4, -0.2) is 41.2 Å². The molecule has 7 heteroatoms. The van der Waals surface area contributed by atoms with E-state index in [0.29, 0.717) is 31.0 Å². The van der Waals surface area contributed by atoms with E-state index in [0.717, 1.165) is 10.6 Å². The summed E-state index contributed by atoms with van der Waals surface area (Å²) in [7, 11) is 1.74. The van der Waals surface area contributed by atoms with Gasteiger partial charge in [0.1, 0.15) is 11.6 Å². The summed E-state index contributed by atoms with van der Waals surface area (Å²) >= 11 is 1.59. The fourth-order valence-corrected chi connectivity index (χ4v) is 3.00. The Labute approximate surface area is 149 Å². The number of amides is 1. The number of aromatic nitrogens is 2. The maximum atomic E-state index is 12.8. The molecule has 5 nitrogen and oxygen atoms in total. The normalized spacial score (nSPS) is 10.6. The first kappa shape index (κ1) is 17.2. The molecule has 0 aliphatic carbocycles. The summed E-state index contributed by atoms with van der Waals surface area (Å²) in [6.07, 6.45) is 0.668. The molecule has 0 radical (unpaired) electrons. The molecule has 0 unspecified atom stereocenters. The van der Waals surface area contributed by atoms with Crippen molar-refractivity contribution in [1.82, 2.24) is 15.1 Å². The van der Waals surface area contributed by atoms with Gasteiger partial charge >= 0.3 is 0 Å². The number of rotatable bonds is 7. The number of halogens is 1. The van der Waals surface area contributed by atoms with Gasteiger partial charge in [-0.2, -0.15) is 5.10 Å². The van der Waals surface area contributed by atoms with E-state index in [9.17, 15) is 9.18 Å². The zero-order valence-corrected chi connectivity index (χ0v) is 14.6. The van der Waals surface area contributed by atoms with Gasteiger partial charge in [0, 0.05) is 13.6 Å². The van der Waals surface area contributed by atoms with Crippen LogP contribution in [0.15, 0.2) is 47.8 Å². The van der Waals surface area contributed by atoms with Gasteiger partial charge < -0.3 is 9.64 Å². The number of thiophene rings is 1. The van der Waals surface area contributed by atoms with Crippen molar-refractivity contribution in [1.29, 1.82) is 0 Å². The van der Waals surface area contributed by atoms with Crippen molar-refractivity contribution >= 4 is 17.2 Å². The Morgan fingerprint density at radius 1 is 1.32 bits per heavy atom. The minimum absolute atomic E-state index is 0.138. The zero-order chi connectivity index (χ0) is 17.6. The summed E-state index contributed by atoms with van der Waals surface area (Å²) in [5.41, 5.74) is 1.23. The second kappa shape index (κ2) is 7.94. The topological polar surface area (TPSA) is 58.2 Å². The Morgan fingerprint density at radius 2 is 2.12 bits per heavy atom. The van der Waals surface area contributed by atoms with Crippen LogP contribution in [0.1, 0.15) is 16.9 Å². The van der Waals surface area contributed by atoms with Crippen molar-refractivity contribution < 1.29 is 13.9 Å². The Hall–Kier alpha value is -2.67. The highest BCUT2D eigenvalue weighted by atomic mass is 32.1. The third kappa shape index (κ3) is 4.45. The van der Waals surface area contributed by atoms with Crippen LogP contribution < -0.4 is 4.74 Å². The van der Waals surface area contributed by atoms with Crippen LogP contribution in [0.3, 0.4) is 0 Å². The molecule has 1 N–H and O–H groups in total. The summed E-state index contributed by atoms with van der Waals surface area (Å²) in [4.78, 5) is 15.1. The van der Waals surface area contributed by atoms with Gasteiger partial charge in [0.15, 0.2) is 5.69 Å². The van der Waals surface area contributed by atoms with E-state index in [1.807, 2.05) is 17.5 Å². The summed E-state index contributed by atoms with van der Waals surface area (Å²) < 4.78 is 18.3. The smallest absolute Gasteiger partial charge is 0.274 e. The quantitative estimate of drug-likeness (QED) is 0.653. The fraction of sp³-hybridized carbons (Fsp3) is 0.222. The molecule has 25 heavy (non-hydrogen) atoms. The molecule has 0 spiro atoms. The average Bonchev–Trinajstić information content (AvgIpc) is 3.30. The molecule has 0 atom stereocenters. The van der Waals surface area contributed by atoms with Crippen LogP contribution in [0.2, 0.25) is 0 Å². The lowest BCUT2D eigenvalue weighted by Gasteiger charge is -2.15. The Morgan fingerprint density at radius 3 is 2.84 bits per heavy atom. The maximum absolute atomic E-state index is 12.8. The lowest BCUT2D eigenvalue weighted by Crippen LogP contribution is -2.29. The lowest BCUT2D eigenvalue weighted by atomic mass is 10.3. The van der Waals surface area contributed by atoms with E-state index in [-0.39, 0.29) is 11.7 Å². The number of carbonyl (C=O) groups excluding carboxylic acids is 1. The molecule has 0 bridgehead atoms. The monoisotopic (exact) mass is 359 g/mol. The van der Waals surface area contributed by atoms with Crippen molar-refractivity contribution in [3.8, 4) is 16.3 Å². The third-order valence-electron chi connectivity index (χ3n) is 3.65. The molecule has 2 aromatic heterocycles. The van der Waals surface area contributed by atoms with Crippen molar-refractivity contribution in [2.45, 2.75) is 6.42 Å². The standard InChI is InChI=1S/C18H18FN3O2S/c1-22(9-3-10-24-14-7-5-13(19)6-8-14)18(23)16-12-15(20-21-16)17-4-2-11-25-17/h2,4-8,11-12H,3,9-10H2,1H3,(H,20,21). The predicted octanol–water partition coefficient (Wildman–Crippen LogP) is 3.82. The van der Waals surface area contributed by atoms with Crippen molar-refractivity contribution in [3.63, 3.8) is 0 Å². The number of hydrogen-bond donors (Lipinski definition) is 1. The Balaban J connectivity index is 1.47. The third-order valence-corrected chi connectivity index (χ3v) is 4.55. The minimum Gasteiger partial charge on any atom is -0.494 e. The molecule has 3 aromatic rings. The van der Waals surface area contributed by atoms with E-state index in [1.165, 1.54) is 12.1 Å². The molecule has 0 aliphatic heterocycles. The van der Waals surface area contributed by atoms with Crippen molar-refractivity contribution in [3.05, 3.63) is 59.4 Å². The van der Waals surface area contributed by atoms with E-state index >= 15 is 0 Å². The summed E-state index contributed by atoms with van der Waals surface area (Å²) in [5, 5.41) is 8.97. The summed E-state index contributed by atoms with van der Waals surface area (Å²) in [5.74, 6) is 0.183. The first-order chi connectivity index (χ1) is 12.1. The van der Waals surface area contributed by atoms with Gasteiger partial charge in [0.2, 0.25) is 0 Å². The maximum Gasteiger partial charge on any atom is 0.274 e. The first-order valence-corrected chi connectivity index (χ1v) is 8.74. The van der Waals surface area contributed by atoms with Gasteiger partial charge in [0.05, 0.1) is 17.2 Å². The molecule has 1 amide bonds. The second-order valence-electron chi connectivity index (χ2n) is 5.53. The van der Waals surface area contributed by atoms with E-state index < -0.39 is 0 Å². The molecule has 130 valence electrons. The Kier molecular flexibility index (Phi) is 5.45. The number of hydrogen-bond acceptors (Lipinski definition) is 4. The highest BCUT2D eigenvalue weighted by molar-refractivity contribution is 7.13. The van der Waals surface area contributed by atoms with E-state index in [2.05, 4.69) is 10.2 Å². The molecule has 0 saturated heterocycles. The molecule has 1 aromatic carbocycles. The number of nitrogens with one attached hydrogen (secondary N) is 1. The van der Waals surface area contributed by atoms with Gasteiger partial charge in [-0.25, -0.2) is 4.39 Å². The molecule has 3 rings (SSSR count). The largest absolute Gasteiger partial charge is 0.494 e. The van der Waals surface area contributed by atoms with Crippen LogP contribution in [0, 0.1) is 5.82 Å². The molecule has 0 saturated carbocycles. The van der Waals surface area contributed by atoms with Crippen LogP contribution in [0.4, 0.5) is 4.39 Å². The number of carbonyl (C=O) groups is 1. The van der Waals surface area contributed by atoms with Gasteiger partial charge in [0.25, 0.3) is 5.91 Å². The molecular weight excluding hydrogens is 341 g/mol. The van der Waals surface area contributed by atoms with Crippen LogP contribution in [-0.2, 0) is 0 Å². The van der Waals surface area contributed by atoms with Crippen molar-refractivity contribution in [2.24, 2.45) is 0 Å². The van der Waals surface area contributed by atoms with E-state index in [4.69, 9.17) is 4.74 Å². The van der Waals surface area contributed by atoms with Gasteiger partial charge in [-0.3, -0.25) is 9.89 Å². The number of benzene rings is 1. The van der Waals surface area contributed by atoms with Crippen LogP contribution in [0.5, 0.6) is 5.75 Å². The first-order valence-electron chi connectivity index (χ1n) is 7.86. The average molecular weight is 359 g/mol. The summed E-state index contributed by atoms with van der Waals surface area (Å²) in [6, 6.07) is 11.6. The number of H-pyrrole nitrogens is 1. The molecular formula is C18H18FN3O2S. The zero-order valence-electron chi connectivity index (χ0n) is 13.7. The molecule has 2 heterocycles. The summed E-state index contributed by atoms with van der Waals surface area (Å²) in [6.45, 7) is 0.992. The Bertz CT molecular complexity index is 815. The number of nitrogens with zero attached hydrogens (tertiary/aromatic N) is 2. The highest BCUT2D eigenvalue weighted by Crippen LogP contribution is 2.23. The highest BCUT2D eigenvalue weighted by Gasteiger charge is 2.16. The SMILES string of the molecule is CN(CCCOc1ccc(F)cc1)C(=O)c1cc(-c2cccs2)[nH]n1. The molecule has 0 aliphatic rings. The number of ether oxygens (including phenoxy) is 1. The fourth-order valence-electron chi connectivity index (χ4n) is 2.31. The molecule has 0 fully saturated rings. The second-order valence-corrected chi connectivity index (χ2v) is 6.47. The van der Waals surface area contributed by atoms with Gasteiger partial charge in [-0.1, -0.05) is 6.07 Å². The predicted molar refractivity (Wildman–Crippen MR) is 95.4 cm³/mol. The van der Waals surface area contributed by atoms with Gasteiger partial charge in [-0.05, 0) is 48.2 Å². The minimum atomic E-state index is -0.293. The van der Waals surface area contributed by atoms with Crippen LogP contribution in [0.25, 0.3) is 10.6 Å². The lowest BCUT2D eigenvalue weighted by molar-refractivity contribution is 0.0782. The number of aromatic amines is 1.